The van der Waals surface area contributed by atoms with Crippen molar-refractivity contribution in [2.24, 2.45) is 5.41 Å². The Balaban J connectivity index is 5.61. The summed E-state index contributed by atoms with van der Waals surface area (Å²) in [5.41, 5.74) is -2.01. The first-order valence-electron chi connectivity index (χ1n) is 5.57. The van der Waals surface area contributed by atoms with Crippen LogP contribution in [0.25, 0.3) is 0 Å². The lowest BCUT2D eigenvalue weighted by atomic mass is 9.89. The maximum atomic E-state index is 11.9. The quantitative estimate of drug-likeness (QED) is 0.495. The van der Waals surface area contributed by atoms with E-state index in [4.69, 9.17) is 17.3 Å². The number of carboxylic acids is 1. The van der Waals surface area contributed by atoms with E-state index in [1.54, 1.807) is 13.0 Å². The molecule has 0 aromatic carbocycles. The predicted octanol–water partition coefficient (Wildman–Crippen LogP) is 0.392. The fourth-order valence-corrected chi connectivity index (χ4v) is 4.49. The molecular formula is C10H14NO6S3-. The molecule has 0 aliphatic heterocycles. The van der Waals surface area contributed by atoms with E-state index in [-0.39, 0.29) is 12.2 Å². The fraction of sp³-hybridized carbons (Fsp3) is 0.700. The highest BCUT2D eigenvalue weighted by Crippen LogP contribution is 2.30. The fourth-order valence-electron chi connectivity index (χ4n) is 1.55. The van der Waals surface area contributed by atoms with Crippen LogP contribution in [-0.4, -0.2) is 44.0 Å². The smallest absolute Gasteiger partial charge is 0.303 e. The van der Waals surface area contributed by atoms with Crippen LogP contribution < -0.4 is 0 Å². The second-order valence-electron chi connectivity index (χ2n) is 4.14. The lowest BCUT2D eigenvalue weighted by Gasteiger charge is -2.27. The van der Waals surface area contributed by atoms with Gasteiger partial charge in [-0.3, -0.25) is 9.00 Å². The third-order valence-corrected chi connectivity index (χ3v) is 6.27. The Morgan fingerprint density at radius 3 is 2.45 bits per heavy atom. The van der Waals surface area contributed by atoms with Crippen molar-refractivity contribution < 1.29 is 27.1 Å². The zero-order valence-corrected chi connectivity index (χ0v) is 13.1. The van der Waals surface area contributed by atoms with Crippen LogP contribution in [0.5, 0.6) is 0 Å². The number of nitrogens with zero attached hydrogens (tertiary/aromatic N) is 1. The molecule has 0 amide bonds. The average Bonchev–Trinajstić information content (AvgIpc) is 2.33. The number of nitriles is 1. The highest BCUT2D eigenvalue weighted by atomic mass is 32.2. The number of aliphatic carboxylic acids is 1. The average molecular weight is 340 g/mol. The van der Waals surface area contributed by atoms with Crippen molar-refractivity contribution in [3.05, 3.63) is 0 Å². The predicted molar refractivity (Wildman–Crippen MR) is 75.4 cm³/mol. The molecule has 0 bridgehead atoms. The van der Waals surface area contributed by atoms with Gasteiger partial charge in [-0.2, -0.15) is 5.26 Å². The topological polar surface area (TPSA) is 135 Å². The first-order valence-corrected chi connectivity index (χ1v) is 8.88. The molecule has 10 heteroatoms. The molecule has 0 spiro atoms. The molecule has 7 nitrogen and oxygen atoms in total. The minimum Gasteiger partial charge on any atom is -0.772 e. The first kappa shape index (κ1) is 19.1. The summed E-state index contributed by atoms with van der Waals surface area (Å²) < 4.78 is 44.9. The minimum absolute atomic E-state index is 0.253. The van der Waals surface area contributed by atoms with Crippen LogP contribution in [0.3, 0.4) is 0 Å². The molecule has 0 radical (unpaired) electrons. The number of hydrogen-bond acceptors (Lipinski definition) is 7. The zero-order valence-electron chi connectivity index (χ0n) is 10.7. The number of rotatable bonds is 8. The van der Waals surface area contributed by atoms with Gasteiger partial charge >= 0.3 is 5.97 Å². The summed E-state index contributed by atoms with van der Waals surface area (Å²) in [5, 5.41) is 17.8. The van der Waals surface area contributed by atoms with E-state index in [1.807, 2.05) is 0 Å². The molecule has 0 aliphatic carbocycles. The Bertz CT molecular complexity index is 550. The monoisotopic (exact) mass is 340 g/mol. The number of thiocarbonyl (C=S) groups is 1. The van der Waals surface area contributed by atoms with Crippen molar-refractivity contribution in [1.29, 1.82) is 5.26 Å². The molecule has 0 heterocycles. The standard InChI is InChI=1S/C10H15NO6S3/c1-2-5-20(16,17)9(18)10(6-11,7-19(14)15)4-3-8(12)13/h2-5,7H2,1H3,(H,12,13)(H,14,15)/p-1. The van der Waals surface area contributed by atoms with Gasteiger partial charge in [0, 0.05) is 12.2 Å². The molecule has 0 aromatic heterocycles. The van der Waals surface area contributed by atoms with E-state index in [1.165, 1.54) is 0 Å². The Morgan fingerprint density at radius 1 is 1.55 bits per heavy atom. The normalized spacial score (nSPS) is 15.8. The van der Waals surface area contributed by atoms with Gasteiger partial charge in [-0.25, -0.2) is 8.42 Å². The lowest BCUT2D eigenvalue weighted by molar-refractivity contribution is -0.137. The Morgan fingerprint density at radius 2 is 2.10 bits per heavy atom. The van der Waals surface area contributed by atoms with Crippen molar-refractivity contribution in [2.75, 3.05) is 11.5 Å². The minimum atomic E-state index is -3.93. The van der Waals surface area contributed by atoms with Gasteiger partial charge in [0.2, 0.25) is 0 Å². The van der Waals surface area contributed by atoms with E-state index in [9.17, 15) is 27.2 Å². The maximum Gasteiger partial charge on any atom is 0.303 e. The van der Waals surface area contributed by atoms with Crippen LogP contribution in [0.1, 0.15) is 26.2 Å². The summed E-state index contributed by atoms with van der Waals surface area (Å²) in [6.45, 7) is 1.59. The molecule has 0 saturated carbocycles. The molecule has 2 unspecified atom stereocenters. The van der Waals surface area contributed by atoms with Gasteiger partial charge in [-0.1, -0.05) is 30.2 Å². The Kier molecular flexibility index (Phi) is 7.43. The van der Waals surface area contributed by atoms with Gasteiger partial charge in [0.05, 0.1) is 11.8 Å². The van der Waals surface area contributed by atoms with Gasteiger partial charge < -0.3 is 9.66 Å². The van der Waals surface area contributed by atoms with Crippen LogP contribution >= 0.6 is 12.2 Å². The maximum absolute atomic E-state index is 11.9. The van der Waals surface area contributed by atoms with E-state index in [0.717, 1.165) is 0 Å². The van der Waals surface area contributed by atoms with Crippen LogP contribution in [0.2, 0.25) is 0 Å². The molecule has 0 aromatic rings. The number of carbonyl (C=O) groups is 1. The molecule has 2 atom stereocenters. The Labute approximate surface area is 125 Å². The summed E-state index contributed by atoms with van der Waals surface area (Å²) in [6, 6.07) is 1.59. The second-order valence-corrected chi connectivity index (χ2v) is 7.75. The van der Waals surface area contributed by atoms with Crippen molar-refractivity contribution >= 4 is 43.3 Å². The highest BCUT2D eigenvalue weighted by molar-refractivity contribution is 8.17. The van der Waals surface area contributed by atoms with Crippen molar-refractivity contribution in [3.8, 4) is 6.07 Å². The SMILES string of the molecule is CCCS(=O)(=O)C(=S)C(C#N)(CCC(=O)O)CS(=O)[O-]. The molecular weight excluding hydrogens is 326 g/mol. The molecule has 0 aliphatic rings. The summed E-state index contributed by atoms with van der Waals surface area (Å²) in [4.78, 5) is 10.6. The lowest BCUT2D eigenvalue weighted by Crippen LogP contribution is -2.40. The van der Waals surface area contributed by atoms with E-state index < -0.39 is 55.1 Å². The Hall–Kier alpha value is -0.890. The summed E-state index contributed by atoms with van der Waals surface area (Å²) in [7, 11) is -3.93. The van der Waals surface area contributed by atoms with Crippen LogP contribution in [0.15, 0.2) is 0 Å². The largest absolute Gasteiger partial charge is 0.772 e. The van der Waals surface area contributed by atoms with Gasteiger partial charge in [0.25, 0.3) is 0 Å². The molecule has 20 heavy (non-hydrogen) atoms. The van der Waals surface area contributed by atoms with Gasteiger partial charge in [0.15, 0.2) is 9.84 Å². The van der Waals surface area contributed by atoms with Gasteiger partial charge in [-0.05, 0) is 12.8 Å². The van der Waals surface area contributed by atoms with Crippen molar-refractivity contribution in [3.63, 3.8) is 0 Å². The van der Waals surface area contributed by atoms with Crippen LogP contribution in [0, 0.1) is 16.7 Å². The number of sulfone groups is 1. The van der Waals surface area contributed by atoms with Crippen LogP contribution in [-0.2, 0) is 25.7 Å². The molecule has 0 saturated heterocycles. The van der Waals surface area contributed by atoms with E-state index in [2.05, 4.69) is 0 Å². The van der Waals surface area contributed by atoms with Gasteiger partial charge in [0.1, 0.15) is 9.61 Å². The summed E-state index contributed by atoms with van der Waals surface area (Å²) in [6.07, 6.45) is -0.759. The van der Waals surface area contributed by atoms with Crippen molar-refractivity contribution in [2.45, 2.75) is 26.2 Å². The zero-order chi connectivity index (χ0) is 16.0. The third kappa shape index (κ3) is 5.24. The van der Waals surface area contributed by atoms with E-state index >= 15 is 0 Å². The van der Waals surface area contributed by atoms with Crippen LogP contribution in [0.4, 0.5) is 0 Å². The molecule has 114 valence electrons. The van der Waals surface area contributed by atoms with Gasteiger partial charge in [-0.15, -0.1) is 0 Å². The first-order chi connectivity index (χ1) is 9.11. The summed E-state index contributed by atoms with van der Waals surface area (Å²) in [5.74, 6) is -2.41. The molecule has 0 rings (SSSR count). The summed E-state index contributed by atoms with van der Waals surface area (Å²) >= 11 is 2.06. The third-order valence-electron chi connectivity index (χ3n) is 2.49. The number of carboxylic acid groups (broad SMARTS) is 1. The van der Waals surface area contributed by atoms with Crippen molar-refractivity contribution in [1.82, 2.24) is 0 Å². The number of hydrogen-bond donors (Lipinski definition) is 1. The second kappa shape index (κ2) is 7.78. The van der Waals surface area contributed by atoms with E-state index in [0.29, 0.717) is 0 Å². The highest BCUT2D eigenvalue weighted by Gasteiger charge is 2.42. The molecule has 1 N–H and O–H groups in total. The molecule has 0 fully saturated rings.